The minimum atomic E-state index is 0.0225. The molecule has 3 nitrogen and oxygen atoms in total. The minimum absolute atomic E-state index is 0.0225. The molecule has 0 amide bonds. The van der Waals surface area contributed by atoms with Crippen molar-refractivity contribution in [3.05, 3.63) is 23.2 Å². The number of rotatable bonds is 5. The van der Waals surface area contributed by atoms with Crippen molar-refractivity contribution in [2.45, 2.75) is 31.3 Å². The third-order valence-corrected chi connectivity index (χ3v) is 4.39. The van der Waals surface area contributed by atoms with E-state index in [2.05, 4.69) is 5.32 Å². The monoisotopic (exact) mass is 281 g/mol. The summed E-state index contributed by atoms with van der Waals surface area (Å²) in [5.41, 5.74) is 0.0225. The number of halogens is 1. The molecular weight excluding hydrogens is 262 g/mol. The molecule has 1 aliphatic carbocycles. The number of para-hydroxylation sites is 1. The van der Waals surface area contributed by atoms with Gasteiger partial charge >= 0.3 is 0 Å². The second kappa shape index (κ2) is 5.22. The van der Waals surface area contributed by atoms with Crippen LogP contribution in [0.2, 0.25) is 5.02 Å². The quantitative estimate of drug-likeness (QED) is 0.899. The molecule has 0 spiro atoms. The van der Waals surface area contributed by atoms with E-state index < -0.39 is 0 Å². The van der Waals surface area contributed by atoms with E-state index in [9.17, 15) is 0 Å². The van der Waals surface area contributed by atoms with Gasteiger partial charge in [-0.1, -0.05) is 17.7 Å². The van der Waals surface area contributed by atoms with Crippen molar-refractivity contribution in [3.8, 4) is 11.5 Å². The molecular formula is C15H20ClNO2. The molecule has 1 heterocycles. The Labute approximate surface area is 119 Å². The molecule has 2 aliphatic rings. The van der Waals surface area contributed by atoms with Crippen molar-refractivity contribution in [2.24, 2.45) is 5.92 Å². The van der Waals surface area contributed by atoms with Crippen LogP contribution in [0.3, 0.4) is 0 Å². The van der Waals surface area contributed by atoms with Crippen molar-refractivity contribution in [3.63, 3.8) is 0 Å². The summed E-state index contributed by atoms with van der Waals surface area (Å²) in [5.74, 6) is 2.17. The van der Waals surface area contributed by atoms with Crippen molar-refractivity contribution >= 4 is 11.6 Å². The van der Waals surface area contributed by atoms with Crippen LogP contribution in [0.4, 0.5) is 0 Å². The molecule has 1 unspecified atom stereocenters. The molecule has 4 heteroatoms. The molecule has 1 N–H and O–H groups in total. The van der Waals surface area contributed by atoms with Crippen LogP contribution >= 0.6 is 11.6 Å². The van der Waals surface area contributed by atoms with Crippen LogP contribution in [-0.4, -0.2) is 25.8 Å². The third kappa shape index (κ3) is 2.82. The maximum Gasteiger partial charge on any atom is 0.179 e. The Bertz CT molecular complexity index is 453. The van der Waals surface area contributed by atoms with Crippen molar-refractivity contribution < 1.29 is 9.47 Å². The first-order valence-corrected chi connectivity index (χ1v) is 7.32. The first-order chi connectivity index (χ1) is 9.22. The van der Waals surface area contributed by atoms with Crippen LogP contribution in [0, 0.1) is 5.92 Å². The van der Waals surface area contributed by atoms with E-state index in [1.807, 2.05) is 18.2 Å². The lowest BCUT2D eigenvalue weighted by Crippen LogP contribution is -2.23. The fraction of sp³-hybridized carbons (Fsp3) is 0.600. The van der Waals surface area contributed by atoms with Crippen LogP contribution < -0.4 is 14.8 Å². The molecule has 0 bridgehead atoms. The van der Waals surface area contributed by atoms with Crippen molar-refractivity contribution in [1.29, 1.82) is 0 Å². The van der Waals surface area contributed by atoms with Gasteiger partial charge in [0, 0.05) is 0 Å². The van der Waals surface area contributed by atoms with Crippen LogP contribution in [0.25, 0.3) is 0 Å². The van der Waals surface area contributed by atoms with E-state index in [0.717, 1.165) is 44.0 Å². The Kier molecular flexibility index (Phi) is 3.59. The van der Waals surface area contributed by atoms with E-state index in [4.69, 9.17) is 21.1 Å². The Morgan fingerprint density at radius 3 is 2.89 bits per heavy atom. The number of hydrogen-bond donors (Lipinski definition) is 1. The van der Waals surface area contributed by atoms with Gasteiger partial charge in [0.25, 0.3) is 0 Å². The average Bonchev–Trinajstić information content (AvgIpc) is 2.94. The maximum atomic E-state index is 6.24. The molecule has 1 saturated carbocycles. The van der Waals surface area contributed by atoms with Gasteiger partial charge in [-0.3, -0.25) is 0 Å². The number of hydrogen-bond acceptors (Lipinski definition) is 3. The van der Waals surface area contributed by atoms with Gasteiger partial charge in [0.1, 0.15) is 5.60 Å². The molecule has 3 rings (SSSR count). The predicted octanol–water partition coefficient (Wildman–Crippen LogP) is 3.26. The summed E-state index contributed by atoms with van der Waals surface area (Å²) in [6.45, 7) is 2.26. The summed E-state index contributed by atoms with van der Waals surface area (Å²) >= 11 is 6.13. The second-order valence-electron chi connectivity index (χ2n) is 5.62. The first-order valence-electron chi connectivity index (χ1n) is 6.95. The summed E-state index contributed by atoms with van der Waals surface area (Å²) in [6.07, 6.45) is 4.67. The van der Waals surface area contributed by atoms with E-state index in [1.165, 1.54) is 6.42 Å². The van der Waals surface area contributed by atoms with Crippen LogP contribution in [0.5, 0.6) is 11.5 Å². The molecule has 104 valence electrons. The van der Waals surface area contributed by atoms with Gasteiger partial charge < -0.3 is 14.8 Å². The Morgan fingerprint density at radius 1 is 1.42 bits per heavy atom. The van der Waals surface area contributed by atoms with Crippen LogP contribution in [0.1, 0.15) is 25.7 Å². The molecule has 19 heavy (non-hydrogen) atoms. The topological polar surface area (TPSA) is 30.5 Å². The Hall–Kier alpha value is -0.930. The van der Waals surface area contributed by atoms with Crippen molar-refractivity contribution in [1.82, 2.24) is 5.32 Å². The molecule has 0 aromatic heterocycles. The van der Waals surface area contributed by atoms with Gasteiger partial charge in [-0.05, 0) is 56.8 Å². The zero-order valence-electron chi connectivity index (χ0n) is 11.2. The second-order valence-corrected chi connectivity index (χ2v) is 6.03. The standard InChI is InChI=1S/C15H20ClNO2/c1-18-14-12(16)3-2-4-13(14)19-15(6-7-15)9-11-5-8-17-10-11/h2-4,11,17H,5-10H2,1H3. The number of ether oxygens (including phenoxy) is 2. The molecule has 2 fully saturated rings. The fourth-order valence-electron chi connectivity index (χ4n) is 2.90. The highest BCUT2D eigenvalue weighted by atomic mass is 35.5. The van der Waals surface area contributed by atoms with Gasteiger partial charge in [-0.2, -0.15) is 0 Å². The smallest absolute Gasteiger partial charge is 0.179 e. The highest BCUT2D eigenvalue weighted by Gasteiger charge is 2.47. The van der Waals surface area contributed by atoms with Gasteiger partial charge in [0.15, 0.2) is 11.5 Å². The van der Waals surface area contributed by atoms with E-state index in [-0.39, 0.29) is 5.60 Å². The third-order valence-electron chi connectivity index (χ3n) is 4.09. The van der Waals surface area contributed by atoms with E-state index in [1.54, 1.807) is 7.11 Å². The predicted molar refractivity (Wildman–Crippen MR) is 76.2 cm³/mol. The lowest BCUT2D eigenvalue weighted by molar-refractivity contribution is 0.142. The normalized spacial score (nSPS) is 24.2. The first kappa shape index (κ1) is 13.1. The Balaban J connectivity index is 1.72. The summed E-state index contributed by atoms with van der Waals surface area (Å²) < 4.78 is 11.6. The highest BCUT2D eigenvalue weighted by Crippen LogP contribution is 2.48. The van der Waals surface area contributed by atoms with Gasteiger partial charge in [-0.15, -0.1) is 0 Å². The summed E-state index contributed by atoms with van der Waals surface area (Å²) in [5, 5.41) is 4.03. The van der Waals surface area contributed by atoms with Crippen LogP contribution in [0.15, 0.2) is 18.2 Å². The fourth-order valence-corrected chi connectivity index (χ4v) is 3.15. The van der Waals surface area contributed by atoms with Crippen LogP contribution in [-0.2, 0) is 0 Å². The lowest BCUT2D eigenvalue weighted by atomic mass is 9.99. The molecule has 1 aliphatic heterocycles. The molecule has 1 aromatic rings. The average molecular weight is 282 g/mol. The van der Waals surface area contributed by atoms with E-state index >= 15 is 0 Å². The SMILES string of the molecule is COc1c(Cl)cccc1OC1(CC2CCNC2)CC1. The molecule has 0 radical (unpaired) electrons. The van der Waals surface area contributed by atoms with Gasteiger partial charge in [0.05, 0.1) is 12.1 Å². The molecule has 1 atom stereocenters. The summed E-state index contributed by atoms with van der Waals surface area (Å²) in [7, 11) is 1.63. The molecule has 1 aromatic carbocycles. The Morgan fingerprint density at radius 2 is 2.26 bits per heavy atom. The number of benzene rings is 1. The largest absolute Gasteiger partial charge is 0.491 e. The lowest BCUT2D eigenvalue weighted by Gasteiger charge is -2.22. The van der Waals surface area contributed by atoms with Gasteiger partial charge in [0.2, 0.25) is 0 Å². The van der Waals surface area contributed by atoms with Crippen molar-refractivity contribution in [2.75, 3.05) is 20.2 Å². The minimum Gasteiger partial charge on any atom is -0.491 e. The zero-order valence-corrected chi connectivity index (χ0v) is 12.0. The summed E-state index contributed by atoms with van der Waals surface area (Å²) in [4.78, 5) is 0. The maximum absolute atomic E-state index is 6.24. The molecule has 1 saturated heterocycles. The number of methoxy groups -OCH3 is 1. The zero-order chi connectivity index (χ0) is 13.3. The summed E-state index contributed by atoms with van der Waals surface area (Å²) in [6, 6.07) is 5.68. The van der Waals surface area contributed by atoms with E-state index in [0.29, 0.717) is 10.8 Å². The highest BCUT2D eigenvalue weighted by molar-refractivity contribution is 6.32. The van der Waals surface area contributed by atoms with Gasteiger partial charge in [-0.25, -0.2) is 0 Å². The number of nitrogens with one attached hydrogen (secondary N) is 1.